The highest BCUT2D eigenvalue weighted by molar-refractivity contribution is 14.1. The maximum Gasteiger partial charge on any atom is 0.310 e. The van der Waals surface area contributed by atoms with E-state index in [4.69, 9.17) is 9.47 Å². The molecule has 5 nitrogen and oxygen atoms in total. The Balaban J connectivity index is 1.82. The first-order valence-electron chi connectivity index (χ1n) is 6.91. The minimum atomic E-state index is -0.479. The molecule has 23 heavy (non-hydrogen) atoms. The summed E-state index contributed by atoms with van der Waals surface area (Å²) >= 11 is 2.18. The third-order valence-electron chi connectivity index (χ3n) is 3.02. The van der Waals surface area contributed by atoms with E-state index in [-0.39, 0.29) is 18.9 Å². The molecule has 0 spiro atoms. The smallest absolute Gasteiger partial charge is 0.310 e. The second-order valence-electron chi connectivity index (χ2n) is 4.70. The van der Waals surface area contributed by atoms with Gasteiger partial charge in [-0.15, -0.1) is 0 Å². The molecule has 6 heteroatoms. The average molecular weight is 425 g/mol. The van der Waals surface area contributed by atoms with Gasteiger partial charge >= 0.3 is 5.97 Å². The quantitative estimate of drug-likeness (QED) is 0.571. The highest BCUT2D eigenvalue weighted by Crippen LogP contribution is 2.18. The molecule has 1 amide bonds. The number of carbonyl (C=O) groups excluding carboxylic acids is 2. The van der Waals surface area contributed by atoms with Crippen LogP contribution in [0.1, 0.15) is 5.56 Å². The summed E-state index contributed by atoms with van der Waals surface area (Å²) in [6, 6.07) is 14.5. The summed E-state index contributed by atoms with van der Waals surface area (Å²) in [7, 11) is 1.54. The van der Waals surface area contributed by atoms with Crippen LogP contribution in [0.3, 0.4) is 0 Å². The van der Waals surface area contributed by atoms with Crippen LogP contribution in [0.15, 0.2) is 48.5 Å². The topological polar surface area (TPSA) is 64.6 Å². The van der Waals surface area contributed by atoms with Crippen LogP contribution in [0.25, 0.3) is 0 Å². The molecule has 0 aromatic heterocycles. The fourth-order valence-corrected chi connectivity index (χ4v) is 2.29. The lowest BCUT2D eigenvalue weighted by Gasteiger charge is -2.09. The Kier molecular flexibility index (Phi) is 6.40. The summed E-state index contributed by atoms with van der Waals surface area (Å²) in [5.74, 6) is -0.236. The number of halogens is 1. The molecular formula is C17H16INO4. The predicted molar refractivity (Wildman–Crippen MR) is 95.4 cm³/mol. The Morgan fingerprint density at radius 2 is 1.78 bits per heavy atom. The molecule has 0 saturated heterocycles. The van der Waals surface area contributed by atoms with E-state index in [2.05, 4.69) is 27.9 Å². The van der Waals surface area contributed by atoms with Gasteiger partial charge in [0.15, 0.2) is 6.61 Å². The molecule has 0 unspecified atom stereocenters. The SMILES string of the molecule is COc1ccccc1CC(=O)OCC(=O)Nc1ccc(I)cc1. The van der Waals surface area contributed by atoms with Gasteiger partial charge in [0, 0.05) is 14.8 Å². The van der Waals surface area contributed by atoms with Crippen molar-refractivity contribution >= 4 is 40.2 Å². The van der Waals surface area contributed by atoms with Gasteiger partial charge in [0.05, 0.1) is 13.5 Å². The van der Waals surface area contributed by atoms with Crippen molar-refractivity contribution in [3.05, 3.63) is 57.7 Å². The number of hydrogen-bond acceptors (Lipinski definition) is 4. The minimum Gasteiger partial charge on any atom is -0.496 e. The van der Waals surface area contributed by atoms with Crippen LogP contribution >= 0.6 is 22.6 Å². The lowest BCUT2D eigenvalue weighted by Crippen LogP contribution is -2.21. The van der Waals surface area contributed by atoms with Gasteiger partial charge in [0.1, 0.15) is 5.75 Å². The lowest BCUT2D eigenvalue weighted by atomic mass is 10.1. The number of anilines is 1. The summed E-state index contributed by atoms with van der Waals surface area (Å²) in [4.78, 5) is 23.6. The molecule has 2 rings (SSSR count). The number of hydrogen-bond donors (Lipinski definition) is 1. The van der Waals surface area contributed by atoms with Gasteiger partial charge in [-0.2, -0.15) is 0 Å². The van der Waals surface area contributed by atoms with E-state index in [0.717, 1.165) is 9.13 Å². The Morgan fingerprint density at radius 3 is 2.48 bits per heavy atom. The molecule has 0 atom stereocenters. The molecule has 0 aliphatic heterocycles. The summed E-state index contributed by atoms with van der Waals surface area (Å²) in [6.45, 7) is -0.319. The zero-order valence-electron chi connectivity index (χ0n) is 12.5. The molecule has 0 aliphatic rings. The Morgan fingerprint density at radius 1 is 1.09 bits per heavy atom. The number of ether oxygens (including phenoxy) is 2. The molecule has 0 saturated carbocycles. The monoisotopic (exact) mass is 425 g/mol. The number of esters is 1. The third kappa shape index (κ3) is 5.55. The first-order chi connectivity index (χ1) is 11.1. The molecule has 1 N–H and O–H groups in total. The highest BCUT2D eigenvalue weighted by atomic mass is 127. The lowest BCUT2D eigenvalue weighted by molar-refractivity contribution is -0.146. The summed E-state index contributed by atoms with van der Waals surface area (Å²) in [5.41, 5.74) is 1.38. The number of amides is 1. The maximum absolute atomic E-state index is 11.8. The predicted octanol–water partition coefficient (Wildman–Crippen LogP) is 3.02. The molecule has 0 fully saturated rings. The van der Waals surface area contributed by atoms with Crippen LogP contribution in [0.4, 0.5) is 5.69 Å². The van der Waals surface area contributed by atoms with Gasteiger partial charge in [0.25, 0.3) is 5.91 Å². The second kappa shape index (κ2) is 8.52. The number of benzene rings is 2. The van der Waals surface area contributed by atoms with Crippen LogP contribution in [-0.2, 0) is 20.7 Å². The number of rotatable bonds is 6. The Hall–Kier alpha value is -2.09. The summed E-state index contributed by atoms with van der Waals surface area (Å²) < 4.78 is 11.2. The number of para-hydroxylation sites is 1. The van der Waals surface area contributed by atoms with Crippen LogP contribution < -0.4 is 10.1 Å². The zero-order chi connectivity index (χ0) is 16.7. The average Bonchev–Trinajstić information content (AvgIpc) is 2.55. The molecule has 120 valence electrons. The van der Waals surface area contributed by atoms with Crippen LogP contribution in [0.5, 0.6) is 5.75 Å². The van der Waals surface area contributed by atoms with Gasteiger partial charge in [-0.25, -0.2) is 0 Å². The van der Waals surface area contributed by atoms with Crippen molar-refractivity contribution in [3.63, 3.8) is 0 Å². The van der Waals surface area contributed by atoms with Gasteiger partial charge in [-0.3, -0.25) is 9.59 Å². The van der Waals surface area contributed by atoms with E-state index < -0.39 is 5.97 Å². The maximum atomic E-state index is 11.8. The van der Waals surface area contributed by atoms with Crippen LogP contribution in [0.2, 0.25) is 0 Å². The molecule has 2 aromatic carbocycles. The van der Waals surface area contributed by atoms with E-state index in [1.165, 1.54) is 0 Å². The highest BCUT2D eigenvalue weighted by Gasteiger charge is 2.11. The van der Waals surface area contributed by atoms with Crippen molar-refractivity contribution in [1.29, 1.82) is 0 Å². The van der Waals surface area contributed by atoms with Crippen LogP contribution in [0, 0.1) is 3.57 Å². The van der Waals surface area contributed by atoms with Crippen molar-refractivity contribution < 1.29 is 19.1 Å². The van der Waals surface area contributed by atoms with Crippen molar-refractivity contribution in [1.82, 2.24) is 0 Å². The normalized spacial score (nSPS) is 10.0. The molecule has 0 radical (unpaired) electrons. The van der Waals surface area contributed by atoms with E-state index in [9.17, 15) is 9.59 Å². The standard InChI is InChI=1S/C17H16INO4/c1-22-15-5-3-2-4-12(15)10-17(21)23-11-16(20)19-14-8-6-13(18)7-9-14/h2-9H,10-11H2,1H3,(H,19,20). The number of methoxy groups -OCH3 is 1. The number of carbonyl (C=O) groups is 2. The molecular weight excluding hydrogens is 409 g/mol. The number of nitrogens with one attached hydrogen (secondary N) is 1. The first-order valence-corrected chi connectivity index (χ1v) is 7.99. The fourth-order valence-electron chi connectivity index (χ4n) is 1.93. The minimum absolute atomic E-state index is 0.0564. The van der Waals surface area contributed by atoms with Crippen molar-refractivity contribution in [2.24, 2.45) is 0 Å². The molecule has 0 bridgehead atoms. The second-order valence-corrected chi connectivity index (χ2v) is 5.95. The van der Waals surface area contributed by atoms with E-state index >= 15 is 0 Å². The van der Waals surface area contributed by atoms with E-state index in [1.54, 1.807) is 31.4 Å². The van der Waals surface area contributed by atoms with Crippen molar-refractivity contribution in [2.75, 3.05) is 19.0 Å². The van der Waals surface area contributed by atoms with Crippen molar-refractivity contribution in [2.45, 2.75) is 6.42 Å². The first kappa shape index (κ1) is 17.3. The summed E-state index contributed by atoms with van der Waals surface area (Å²) in [6.07, 6.45) is 0.0564. The van der Waals surface area contributed by atoms with Gasteiger partial charge in [-0.05, 0) is 52.9 Å². The van der Waals surface area contributed by atoms with E-state index in [1.807, 2.05) is 24.3 Å². The van der Waals surface area contributed by atoms with Gasteiger partial charge in [-0.1, -0.05) is 18.2 Å². The Bertz CT molecular complexity index is 685. The molecule has 0 heterocycles. The Labute approximate surface area is 148 Å². The fraction of sp³-hybridized carbons (Fsp3) is 0.176. The summed E-state index contributed by atoms with van der Waals surface area (Å²) in [5, 5.41) is 2.67. The molecule has 0 aliphatic carbocycles. The molecule has 2 aromatic rings. The van der Waals surface area contributed by atoms with Gasteiger partial charge < -0.3 is 14.8 Å². The largest absolute Gasteiger partial charge is 0.496 e. The zero-order valence-corrected chi connectivity index (χ0v) is 14.7. The van der Waals surface area contributed by atoms with Gasteiger partial charge in [0.2, 0.25) is 0 Å². The van der Waals surface area contributed by atoms with Crippen LogP contribution in [-0.4, -0.2) is 25.6 Å². The van der Waals surface area contributed by atoms with E-state index in [0.29, 0.717) is 11.4 Å². The third-order valence-corrected chi connectivity index (χ3v) is 3.74. The van der Waals surface area contributed by atoms with Crippen molar-refractivity contribution in [3.8, 4) is 5.75 Å².